The third-order valence-corrected chi connectivity index (χ3v) is 4.64. The zero-order valence-electron chi connectivity index (χ0n) is 15.7. The quantitative estimate of drug-likeness (QED) is 0.571. The van der Waals surface area contributed by atoms with E-state index in [0.717, 1.165) is 40.7 Å². The molecule has 0 radical (unpaired) electrons. The van der Waals surface area contributed by atoms with Gasteiger partial charge in [-0.05, 0) is 49.6 Å². The van der Waals surface area contributed by atoms with Crippen molar-refractivity contribution in [3.8, 4) is 11.5 Å². The Morgan fingerprint density at radius 2 is 1.78 bits per heavy atom. The molecule has 4 rings (SSSR count). The Kier molecular flexibility index (Phi) is 4.35. The molecule has 0 spiro atoms. The Bertz CT molecular complexity index is 1000. The summed E-state index contributed by atoms with van der Waals surface area (Å²) in [5.41, 5.74) is 9.39. The van der Waals surface area contributed by atoms with Crippen LogP contribution in [-0.4, -0.2) is 30.2 Å². The van der Waals surface area contributed by atoms with Crippen molar-refractivity contribution in [1.82, 2.24) is 9.97 Å². The maximum atomic E-state index is 5.93. The van der Waals surface area contributed by atoms with E-state index in [4.69, 9.17) is 20.2 Å². The molecular weight excluding hydrogens is 342 g/mol. The summed E-state index contributed by atoms with van der Waals surface area (Å²) in [4.78, 5) is 9.35. The van der Waals surface area contributed by atoms with Crippen molar-refractivity contribution in [2.45, 2.75) is 25.8 Å². The first-order chi connectivity index (χ1) is 13.1. The van der Waals surface area contributed by atoms with Gasteiger partial charge in [0.1, 0.15) is 5.82 Å². The molecule has 0 saturated heterocycles. The van der Waals surface area contributed by atoms with E-state index in [9.17, 15) is 0 Å². The molecule has 1 aromatic heterocycles. The lowest BCUT2D eigenvalue weighted by molar-refractivity contribution is 0.356. The summed E-state index contributed by atoms with van der Waals surface area (Å²) in [7, 11) is 3.23. The van der Waals surface area contributed by atoms with Gasteiger partial charge in [0.2, 0.25) is 5.95 Å². The highest BCUT2D eigenvalue weighted by Gasteiger charge is 2.23. The minimum absolute atomic E-state index is 0.453. The molecule has 140 valence electrons. The largest absolute Gasteiger partial charge is 0.493 e. The Balaban J connectivity index is 1.82. The average molecular weight is 365 g/mol. The van der Waals surface area contributed by atoms with E-state index in [1.54, 1.807) is 14.2 Å². The highest BCUT2D eigenvalue weighted by Crippen LogP contribution is 2.36. The van der Waals surface area contributed by atoms with E-state index in [2.05, 4.69) is 15.6 Å². The molecule has 1 fully saturated rings. The number of nitrogens with zero attached hydrogens (tertiary/aromatic N) is 2. The van der Waals surface area contributed by atoms with Gasteiger partial charge in [0.05, 0.1) is 19.7 Å². The number of methoxy groups -OCH3 is 2. The zero-order chi connectivity index (χ0) is 19.0. The summed E-state index contributed by atoms with van der Waals surface area (Å²) >= 11 is 0. The Morgan fingerprint density at radius 3 is 2.44 bits per heavy atom. The molecule has 4 N–H and O–H groups in total. The van der Waals surface area contributed by atoms with E-state index in [1.807, 2.05) is 37.3 Å². The monoisotopic (exact) mass is 365 g/mol. The lowest BCUT2D eigenvalue weighted by Gasteiger charge is -2.15. The van der Waals surface area contributed by atoms with Crippen LogP contribution in [0.5, 0.6) is 11.5 Å². The number of anilines is 4. The van der Waals surface area contributed by atoms with Gasteiger partial charge >= 0.3 is 0 Å². The number of hydrogen-bond acceptors (Lipinski definition) is 7. The summed E-state index contributed by atoms with van der Waals surface area (Å²) in [5.74, 6) is 2.57. The Labute approximate surface area is 157 Å². The second kappa shape index (κ2) is 6.83. The summed E-state index contributed by atoms with van der Waals surface area (Å²) in [6.45, 7) is 1.98. The van der Waals surface area contributed by atoms with Crippen LogP contribution in [0.25, 0.3) is 10.9 Å². The number of benzene rings is 2. The maximum absolute atomic E-state index is 5.93. The average Bonchev–Trinajstić information content (AvgIpc) is 3.47. The van der Waals surface area contributed by atoms with Gasteiger partial charge in [-0.3, -0.25) is 0 Å². The summed E-state index contributed by atoms with van der Waals surface area (Å²) in [6.07, 6.45) is 2.29. The number of rotatable bonds is 6. The van der Waals surface area contributed by atoms with Gasteiger partial charge in [-0.25, -0.2) is 4.98 Å². The van der Waals surface area contributed by atoms with Crippen LogP contribution >= 0.6 is 0 Å². The molecule has 7 nitrogen and oxygen atoms in total. The first-order valence-corrected chi connectivity index (χ1v) is 8.91. The predicted octanol–water partition coefficient (Wildman–Crippen LogP) is 3.86. The van der Waals surface area contributed by atoms with Gasteiger partial charge in [-0.15, -0.1) is 0 Å². The number of hydrogen-bond donors (Lipinski definition) is 3. The molecule has 1 saturated carbocycles. The van der Waals surface area contributed by atoms with Gasteiger partial charge in [0, 0.05) is 28.9 Å². The third kappa shape index (κ3) is 3.53. The van der Waals surface area contributed by atoms with Crippen molar-refractivity contribution >= 4 is 34.0 Å². The number of ether oxygens (including phenoxy) is 2. The molecule has 1 aliphatic carbocycles. The third-order valence-electron chi connectivity index (χ3n) is 4.64. The van der Waals surface area contributed by atoms with E-state index in [-0.39, 0.29) is 0 Å². The topological polar surface area (TPSA) is 94.3 Å². The van der Waals surface area contributed by atoms with Crippen LogP contribution < -0.4 is 25.8 Å². The molecule has 27 heavy (non-hydrogen) atoms. The van der Waals surface area contributed by atoms with Crippen LogP contribution in [0, 0.1) is 6.92 Å². The van der Waals surface area contributed by atoms with Crippen molar-refractivity contribution in [1.29, 1.82) is 0 Å². The fourth-order valence-electron chi connectivity index (χ4n) is 2.92. The summed E-state index contributed by atoms with van der Waals surface area (Å²) in [6, 6.07) is 10.0. The molecule has 1 heterocycles. The van der Waals surface area contributed by atoms with Crippen molar-refractivity contribution < 1.29 is 9.47 Å². The molecule has 7 heteroatoms. The van der Waals surface area contributed by atoms with E-state index < -0.39 is 0 Å². The van der Waals surface area contributed by atoms with E-state index in [0.29, 0.717) is 29.3 Å². The highest BCUT2D eigenvalue weighted by molar-refractivity contribution is 5.94. The fourth-order valence-corrected chi connectivity index (χ4v) is 2.92. The minimum atomic E-state index is 0.453. The first-order valence-electron chi connectivity index (χ1n) is 8.91. The van der Waals surface area contributed by atoms with Gasteiger partial charge in [-0.2, -0.15) is 4.98 Å². The molecule has 3 aromatic rings. The number of nitrogens with one attached hydrogen (secondary N) is 2. The van der Waals surface area contributed by atoms with Crippen LogP contribution in [0.15, 0.2) is 30.3 Å². The normalized spacial score (nSPS) is 13.4. The van der Waals surface area contributed by atoms with Crippen molar-refractivity contribution in [3.05, 3.63) is 35.9 Å². The number of aryl methyl sites for hydroxylation is 1. The van der Waals surface area contributed by atoms with Gasteiger partial charge in [0.15, 0.2) is 11.5 Å². The van der Waals surface area contributed by atoms with Crippen LogP contribution in [0.1, 0.15) is 18.4 Å². The molecule has 1 aliphatic rings. The molecule has 0 aliphatic heterocycles. The van der Waals surface area contributed by atoms with Crippen molar-refractivity contribution in [2.24, 2.45) is 0 Å². The number of aromatic nitrogens is 2. The van der Waals surface area contributed by atoms with Gasteiger partial charge < -0.3 is 25.8 Å². The summed E-state index contributed by atoms with van der Waals surface area (Å²) < 4.78 is 10.9. The van der Waals surface area contributed by atoms with Gasteiger partial charge in [-0.1, -0.05) is 0 Å². The lowest BCUT2D eigenvalue weighted by atomic mass is 10.1. The van der Waals surface area contributed by atoms with Gasteiger partial charge in [0.25, 0.3) is 0 Å². The molecule has 0 bridgehead atoms. The molecule has 0 atom stereocenters. The second-order valence-electron chi connectivity index (χ2n) is 6.74. The smallest absolute Gasteiger partial charge is 0.225 e. The van der Waals surface area contributed by atoms with Crippen LogP contribution in [-0.2, 0) is 0 Å². The lowest BCUT2D eigenvalue weighted by Crippen LogP contribution is -2.08. The molecule has 0 unspecified atom stereocenters. The molecule has 2 aromatic carbocycles. The number of fused-ring (bicyclic) bond motifs is 1. The van der Waals surface area contributed by atoms with Crippen LogP contribution in [0.3, 0.4) is 0 Å². The molecule has 0 amide bonds. The van der Waals surface area contributed by atoms with E-state index >= 15 is 0 Å². The second-order valence-corrected chi connectivity index (χ2v) is 6.74. The Hall–Kier alpha value is -3.22. The first kappa shape index (κ1) is 17.2. The fraction of sp³-hybridized carbons (Fsp3) is 0.300. The number of nitrogen functional groups attached to an aromatic ring is 1. The van der Waals surface area contributed by atoms with Crippen molar-refractivity contribution in [2.75, 3.05) is 30.6 Å². The predicted molar refractivity (Wildman–Crippen MR) is 108 cm³/mol. The number of nitrogens with two attached hydrogens (primary N) is 1. The minimum Gasteiger partial charge on any atom is -0.493 e. The summed E-state index contributed by atoms with van der Waals surface area (Å²) in [5, 5.41) is 7.61. The van der Waals surface area contributed by atoms with Crippen LogP contribution in [0.4, 0.5) is 23.1 Å². The highest BCUT2D eigenvalue weighted by atomic mass is 16.5. The maximum Gasteiger partial charge on any atom is 0.225 e. The standard InChI is InChI=1S/C20H23N5O2/c1-11-8-13(6-7-15(11)21)22-19-14-9-17(26-2)18(27-3)10-16(14)24-20(25-19)23-12-4-5-12/h6-10,12H,4-5,21H2,1-3H3,(H2,22,23,24,25). The Morgan fingerprint density at radius 1 is 1.04 bits per heavy atom. The zero-order valence-corrected chi connectivity index (χ0v) is 15.7. The van der Waals surface area contributed by atoms with Crippen molar-refractivity contribution in [3.63, 3.8) is 0 Å². The van der Waals surface area contributed by atoms with E-state index in [1.165, 1.54) is 0 Å². The van der Waals surface area contributed by atoms with Crippen LogP contribution in [0.2, 0.25) is 0 Å². The molecular formula is C20H23N5O2. The SMILES string of the molecule is COc1cc2nc(NC3CC3)nc(Nc3ccc(N)c(C)c3)c2cc1OC.